The van der Waals surface area contributed by atoms with E-state index in [1.807, 2.05) is 6.92 Å². The molecule has 1 atom stereocenters. The summed E-state index contributed by atoms with van der Waals surface area (Å²) < 4.78 is 0. The molecule has 2 rings (SSSR count). The first kappa shape index (κ1) is 10.9. The number of hydrogen-bond acceptors (Lipinski definition) is 4. The lowest BCUT2D eigenvalue weighted by Crippen LogP contribution is -2.18. The van der Waals surface area contributed by atoms with Gasteiger partial charge in [-0.25, -0.2) is 4.98 Å². The minimum atomic E-state index is 0.200. The van der Waals surface area contributed by atoms with Gasteiger partial charge in [-0.2, -0.15) is 0 Å². The molecule has 0 radical (unpaired) electrons. The molecule has 0 bridgehead atoms. The second-order valence-corrected chi connectivity index (χ2v) is 5.31. The molecule has 0 amide bonds. The number of thiazole rings is 1. The maximum atomic E-state index is 5.74. The van der Waals surface area contributed by atoms with Crippen LogP contribution in [0.5, 0.6) is 0 Å². The first-order valence-electron chi connectivity index (χ1n) is 5.70. The third-order valence-electron chi connectivity index (χ3n) is 2.77. The quantitative estimate of drug-likeness (QED) is 0.827. The minimum Gasteiger partial charge on any atom is -0.359 e. The van der Waals surface area contributed by atoms with Gasteiger partial charge in [0.05, 0.1) is 5.69 Å². The Morgan fingerprint density at radius 2 is 2.33 bits per heavy atom. The number of nitrogens with one attached hydrogen (secondary N) is 1. The Kier molecular flexibility index (Phi) is 3.59. The van der Waals surface area contributed by atoms with Crippen molar-refractivity contribution < 1.29 is 0 Å². The molecule has 1 saturated carbocycles. The first-order valence-corrected chi connectivity index (χ1v) is 6.58. The summed E-state index contributed by atoms with van der Waals surface area (Å²) in [4.78, 5) is 4.54. The van der Waals surface area contributed by atoms with Crippen LogP contribution in [0.15, 0.2) is 5.38 Å². The monoisotopic (exact) mass is 225 g/mol. The van der Waals surface area contributed by atoms with E-state index in [1.165, 1.54) is 25.7 Å². The number of nitrogens with zero attached hydrogens (tertiary/aromatic N) is 1. The van der Waals surface area contributed by atoms with Crippen molar-refractivity contribution in [3.8, 4) is 0 Å². The zero-order valence-corrected chi connectivity index (χ0v) is 10.0. The van der Waals surface area contributed by atoms with Crippen LogP contribution in [0.3, 0.4) is 0 Å². The number of aromatic nitrogens is 1. The molecule has 1 fully saturated rings. The van der Waals surface area contributed by atoms with Crippen LogP contribution < -0.4 is 11.1 Å². The average molecular weight is 225 g/mol. The number of hydrogen-bond donors (Lipinski definition) is 2. The molecule has 1 aromatic heterocycles. The van der Waals surface area contributed by atoms with Crippen LogP contribution in [0.4, 0.5) is 5.13 Å². The molecule has 1 heterocycles. The largest absolute Gasteiger partial charge is 0.359 e. The van der Waals surface area contributed by atoms with E-state index in [0.717, 1.165) is 17.2 Å². The van der Waals surface area contributed by atoms with Gasteiger partial charge in [0.1, 0.15) is 0 Å². The lowest BCUT2D eigenvalue weighted by atomic mass is 10.2. The maximum Gasteiger partial charge on any atom is 0.183 e. The summed E-state index contributed by atoms with van der Waals surface area (Å²) in [5, 5.41) is 6.68. The maximum absolute atomic E-state index is 5.74. The van der Waals surface area contributed by atoms with Gasteiger partial charge in [-0.3, -0.25) is 0 Å². The smallest absolute Gasteiger partial charge is 0.183 e. The van der Waals surface area contributed by atoms with Crippen molar-refractivity contribution in [3.05, 3.63) is 11.1 Å². The first-order chi connectivity index (χ1) is 7.24. The molecule has 4 heteroatoms. The highest BCUT2D eigenvalue weighted by atomic mass is 32.1. The van der Waals surface area contributed by atoms with Crippen molar-refractivity contribution in [2.45, 2.75) is 51.1 Å². The van der Waals surface area contributed by atoms with Gasteiger partial charge in [0.25, 0.3) is 0 Å². The average Bonchev–Trinajstić information content (AvgIpc) is 2.77. The fourth-order valence-electron chi connectivity index (χ4n) is 2.04. The van der Waals surface area contributed by atoms with E-state index in [9.17, 15) is 0 Å². The molecule has 1 aliphatic rings. The molecule has 0 aliphatic heterocycles. The van der Waals surface area contributed by atoms with Crippen LogP contribution in [0.2, 0.25) is 0 Å². The molecule has 0 aromatic carbocycles. The Morgan fingerprint density at radius 3 is 3.00 bits per heavy atom. The molecular weight excluding hydrogens is 206 g/mol. The zero-order chi connectivity index (χ0) is 10.7. The highest BCUT2D eigenvalue weighted by Gasteiger charge is 2.15. The van der Waals surface area contributed by atoms with Gasteiger partial charge in [-0.1, -0.05) is 12.8 Å². The summed E-state index contributed by atoms with van der Waals surface area (Å²) in [5.74, 6) is 0. The highest BCUT2D eigenvalue weighted by molar-refractivity contribution is 7.13. The third kappa shape index (κ3) is 3.18. The molecule has 0 spiro atoms. The fourth-order valence-corrected chi connectivity index (χ4v) is 2.84. The van der Waals surface area contributed by atoms with Crippen LogP contribution in [0.25, 0.3) is 0 Å². The molecular formula is C11H19N3S. The molecule has 1 aliphatic carbocycles. The molecule has 1 unspecified atom stereocenters. The van der Waals surface area contributed by atoms with Crippen LogP contribution in [0, 0.1) is 0 Å². The van der Waals surface area contributed by atoms with Crippen LogP contribution >= 0.6 is 11.3 Å². The van der Waals surface area contributed by atoms with E-state index in [-0.39, 0.29) is 6.04 Å². The summed E-state index contributed by atoms with van der Waals surface area (Å²) in [6, 6.07) is 0.853. The Bertz CT molecular complexity index is 303. The van der Waals surface area contributed by atoms with Crippen molar-refractivity contribution in [1.82, 2.24) is 4.98 Å². The van der Waals surface area contributed by atoms with Gasteiger partial charge in [0, 0.05) is 23.9 Å². The molecule has 0 saturated heterocycles. The Morgan fingerprint density at radius 1 is 1.60 bits per heavy atom. The topological polar surface area (TPSA) is 50.9 Å². The van der Waals surface area contributed by atoms with Crippen LogP contribution in [0.1, 0.15) is 38.3 Å². The van der Waals surface area contributed by atoms with Gasteiger partial charge < -0.3 is 11.1 Å². The lowest BCUT2D eigenvalue weighted by molar-refractivity contribution is 0.722. The second-order valence-electron chi connectivity index (χ2n) is 4.45. The Balaban J connectivity index is 1.88. The van der Waals surface area contributed by atoms with Crippen molar-refractivity contribution in [1.29, 1.82) is 0 Å². The van der Waals surface area contributed by atoms with Gasteiger partial charge in [0.2, 0.25) is 0 Å². The summed E-state index contributed by atoms with van der Waals surface area (Å²) >= 11 is 1.70. The van der Waals surface area contributed by atoms with E-state index in [0.29, 0.717) is 6.04 Å². The predicted octanol–water partition coefficient (Wildman–Crippen LogP) is 2.39. The van der Waals surface area contributed by atoms with E-state index >= 15 is 0 Å². The predicted molar refractivity (Wildman–Crippen MR) is 65.3 cm³/mol. The Labute approximate surface area is 95.1 Å². The highest BCUT2D eigenvalue weighted by Crippen LogP contribution is 2.24. The molecule has 15 heavy (non-hydrogen) atoms. The van der Waals surface area contributed by atoms with Crippen molar-refractivity contribution in [2.75, 3.05) is 5.32 Å². The van der Waals surface area contributed by atoms with Crippen molar-refractivity contribution >= 4 is 16.5 Å². The zero-order valence-electron chi connectivity index (χ0n) is 9.20. The third-order valence-corrected chi connectivity index (χ3v) is 3.59. The van der Waals surface area contributed by atoms with E-state index < -0.39 is 0 Å². The minimum absolute atomic E-state index is 0.200. The van der Waals surface area contributed by atoms with E-state index in [1.54, 1.807) is 11.3 Å². The second kappa shape index (κ2) is 4.94. The van der Waals surface area contributed by atoms with Gasteiger partial charge >= 0.3 is 0 Å². The van der Waals surface area contributed by atoms with Crippen molar-refractivity contribution in [3.63, 3.8) is 0 Å². The van der Waals surface area contributed by atoms with Gasteiger partial charge in [0.15, 0.2) is 5.13 Å². The summed E-state index contributed by atoms with van der Waals surface area (Å²) in [6.07, 6.45) is 6.18. The lowest BCUT2D eigenvalue weighted by Gasteiger charge is -2.09. The summed E-state index contributed by atoms with van der Waals surface area (Å²) in [5.41, 5.74) is 6.86. The number of rotatable bonds is 4. The van der Waals surface area contributed by atoms with E-state index in [4.69, 9.17) is 5.73 Å². The van der Waals surface area contributed by atoms with E-state index in [2.05, 4.69) is 15.7 Å². The molecule has 3 nitrogen and oxygen atoms in total. The van der Waals surface area contributed by atoms with Gasteiger partial charge in [-0.15, -0.1) is 11.3 Å². The number of nitrogens with two attached hydrogens (primary N) is 1. The Hall–Kier alpha value is -0.610. The van der Waals surface area contributed by atoms with Gasteiger partial charge in [-0.05, 0) is 19.8 Å². The fraction of sp³-hybridized carbons (Fsp3) is 0.727. The standard InChI is InChI=1S/C11H19N3S/c1-8(12)6-10-7-15-11(14-10)13-9-4-2-3-5-9/h7-9H,2-6,12H2,1H3,(H,13,14). The van der Waals surface area contributed by atoms with Crippen LogP contribution in [-0.4, -0.2) is 17.1 Å². The molecule has 84 valence electrons. The SMILES string of the molecule is CC(N)Cc1csc(NC2CCCC2)n1. The molecule has 1 aromatic rings. The summed E-state index contributed by atoms with van der Waals surface area (Å²) in [6.45, 7) is 2.02. The van der Waals surface area contributed by atoms with Crippen molar-refractivity contribution in [2.24, 2.45) is 5.73 Å². The molecule has 3 N–H and O–H groups in total. The normalized spacial score (nSPS) is 19.3. The summed E-state index contributed by atoms with van der Waals surface area (Å²) in [7, 11) is 0. The van der Waals surface area contributed by atoms with Crippen LogP contribution in [-0.2, 0) is 6.42 Å². The number of anilines is 1.